The average molecular weight is 318 g/mol. The molecule has 0 fully saturated rings. The van der Waals surface area contributed by atoms with Crippen LogP contribution in [0.1, 0.15) is 17.5 Å². The number of aromatic nitrogens is 2. The maximum atomic E-state index is 4.50. The largest absolute Gasteiger partial charge is 0.370 e. The first-order valence-corrected chi connectivity index (χ1v) is 8.29. The van der Waals surface area contributed by atoms with Gasteiger partial charge in [0, 0.05) is 19.3 Å². The Morgan fingerprint density at radius 1 is 0.750 bits per heavy atom. The summed E-state index contributed by atoms with van der Waals surface area (Å²) in [5.41, 5.74) is 2.58. The number of aryl methyl sites for hydroxylation is 1. The summed E-state index contributed by atoms with van der Waals surface area (Å²) in [6, 6.07) is 22.7. The molecule has 0 radical (unpaired) electrons. The third-order valence-electron chi connectivity index (χ3n) is 3.74. The molecule has 122 valence electrons. The van der Waals surface area contributed by atoms with Crippen LogP contribution in [0.25, 0.3) is 0 Å². The highest BCUT2D eigenvalue weighted by Gasteiger charge is 1.99. The summed E-state index contributed by atoms with van der Waals surface area (Å²) in [6.07, 6.45) is 3.92. The molecule has 0 bridgehead atoms. The summed E-state index contributed by atoms with van der Waals surface area (Å²) in [4.78, 5) is 8.77. The fourth-order valence-electron chi connectivity index (χ4n) is 2.47. The smallest absolute Gasteiger partial charge is 0.224 e. The zero-order chi connectivity index (χ0) is 16.5. The predicted molar refractivity (Wildman–Crippen MR) is 99.1 cm³/mol. The number of hydrogen-bond acceptors (Lipinski definition) is 4. The molecule has 24 heavy (non-hydrogen) atoms. The van der Waals surface area contributed by atoms with E-state index in [1.54, 1.807) is 6.20 Å². The zero-order valence-corrected chi connectivity index (χ0v) is 13.7. The maximum absolute atomic E-state index is 4.50. The molecule has 4 heteroatoms. The summed E-state index contributed by atoms with van der Waals surface area (Å²) < 4.78 is 0. The standard InChI is InChI=1S/C20H22N4/c1-3-8-17(9-4-1)12-7-14-21-19-13-15-22-20(24-19)23-16-18-10-5-2-6-11-18/h1-6,8-11,13,15H,7,12,14,16H2,(H2,21,22,23,24). The lowest BCUT2D eigenvalue weighted by Gasteiger charge is -2.08. The van der Waals surface area contributed by atoms with Gasteiger partial charge in [0.25, 0.3) is 0 Å². The van der Waals surface area contributed by atoms with E-state index in [-0.39, 0.29) is 0 Å². The normalized spacial score (nSPS) is 10.3. The van der Waals surface area contributed by atoms with E-state index in [2.05, 4.69) is 57.0 Å². The van der Waals surface area contributed by atoms with Crippen molar-refractivity contribution in [3.8, 4) is 0 Å². The van der Waals surface area contributed by atoms with Gasteiger partial charge in [0.15, 0.2) is 0 Å². The van der Waals surface area contributed by atoms with Crippen LogP contribution in [0.3, 0.4) is 0 Å². The van der Waals surface area contributed by atoms with E-state index in [1.807, 2.05) is 30.3 Å². The van der Waals surface area contributed by atoms with Gasteiger partial charge in [-0.1, -0.05) is 60.7 Å². The van der Waals surface area contributed by atoms with Crippen molar-refractivity contribution in [2.75, 3.05) is 17.2 Å². The van der Waals surface area contributed by atoms with E-state index in [0.717, 1.165) is 31.7 Å². The van der Waals surface area contributed by atoms with Gasteiger partial charge in [0.2, 0.25) is 5.95 Å². The van der Waals surface area contributed by atoms with Crippen LogP contribution in [-0.4, -0.2) is 16.5 Å². The molecule has 0 aliphatic carbocycles. The minimum absolute atomic E-state index is 0.645. The molecule has 0 saturated heterocycles. The second kappa shape index (κ2) is 8.67. The van der Waals surface area contributed by atoms with Gasteiger partial charge in [-0.25, -0.2) is 4.98 Å². The molecule has 1 heterocycles. The van der Waals surface area contributed by atoms with Gasteiger partial charge >= 0.3 is 0 Å². The minimum atomic E-state index is 0.645. The molecule has 0 aliphatic heterocycles. The predicted octanol–water partition coefficient (Wildman–Crippen LogP) is 4.13. The van der Waals surface area contributed by atoms with Gasteiger partial charge in [-0.3, -0.25) is 0 Å². The second-order valence-corrected chi connectivity index (χ2v) is 5.62. The van der Waals surface area contributed by atoms with Crippen molar-refractivity contribution in [3.05, 3.63) is 84.1 Å². The first kappa shape index (κ1) is 16.0. The Kier molecular flexibility index (Phi) is 5.78. The Bertz CT molecular complexity index is 729. The van der Waals surface area contributed by atoms with Crippen LogP contribution < -0.4 is 10.6 Å². The van der Waals surface area contributed by atoms with Crippen LogP contribution in [0.2, 0.25) is 0 Å². The number of nitrogens with zero attached hydrogens (tertiary/aromatic N) is 2. The lowest BCUT2D eigenvalue weighted by atomic mass is 10.1. The summed E-state index contributed by atoms with van der Waals surface area (Å²) in [7, 11) is 0. The summed E-state index contributed by atoms with van der Waals surface area (Å²) in [5.74, 6) is 1.50. The van der Waals surface area contributed by atoms with Crippen LogP contribution in [0.15, 0.2) is 72.9 Å². The fourth-order valence-corrected chi connectivity index (χ4v) is 2.47. The Balaban J connectivity index is 1.45. The summed E-state index contributed by atoms with van der Waals surface area (Å²) in [6.45, 7) is 1.61. The van der Waals surface area contributed by atoms with Crippen molar-refractivity contribution in [2.24, 2.45) is 0 Å². The topological polar surface area (TPSA) is 49.8 Å². The van der Waals surface area contributed by atoms with E-state index in [4.69, 9.17) is 0 Å². The van der Waals surface area contributed by atoms with Crippen molar-refractivity contribution >= 4 is 11.8 Å². The number of benzene rings is 2. The third-order valence-corrected chi connectivity index (χ3v) is 3.74. The molecule has 1 aromatic heterocycles. The lowest BCUT2D eigenvalue weighted by Crippen LogP contribution is -2.08. The first-order valence-electron chi connectivity index (χ1n) is 8.29. The quantitative estimate of drug-likeness (QED) is 0.613. The van der Waals surface area contributed by atoms with Crippen molar-refractivity contribution in [1.82, 2.24) is 9.97 Å². The molecule has 3 rings (SSSR count). The average Bonchev–Trinajstić information content (AvgIpc) is 2.66. The molecule has 4 nitrogen and oxygen atoms in total. The molecule has 0 unspecified atom stereocenters. The Labute approximate surface area is 143 Å². The van der Waals surface area contributed by atoms with Crippen molar-refractivity contribution < 1.29 is 0 Å². The monoisotopic (exact) mass is 318 g/mol. The number of hydrogen-bond donors (Lipinski definition) is 2. The first-order chi connectivity index (χ1) is 11.9. The highest BCUT2D eigenvalue weighted by Crippen LogP contribution is 2.08. The summed E-state index contributed by atoms with van der Waals surface area (Å²) in [5, 5.41) is 6.62. The van der Waals surface area contributed by atoms with E-state index >= 15 is 0 Å². The van der Waals surface area contributed by atoms with Crippen LogP contribution in [0.5, 0.6) is 0 Å². The third kappa shape index (κ3) is 5.09. The maximum Gasteiger partial charge on any atom is 0.224 e. The minimum Gasteiger partial charge on any atom is -0.370 e. The van der Waals surface area contributed by atoms with Crippen LogP contribution in [0, 0.1) is 0 Å². The lowest BCUT2D eigenvalue weighted by molar-refractivity contribution is 0.857. The molecular formula is C20H22N4. The Morgan fingerprint density at radius 3 is 2.21 bits per heavy atom. The second-order valence-electron chi connectivity index (χ2n) is 5.62. The summed E-state index contributed by atoms with van der Waals surface area (Å²) >= 11 is 0. The molecule has 0 amide bonds. The fraction of sp³-hybridized carbons (Fsp3) is 0.200. The van der Waals surface area contributed by atoms with Crippen molar-refractivity contribution in [1.29, 1.82) is 0 Å². The molecule has 0 aliphatic rings. The molecule has 2 aromatic carbocycles. The van der Waals surface area contributed by atoms with E-state index in [0.29, 0.717) is 5.95 Å². The highest BCUT2D eigenvalue weighted by molar-refractivity contribution is 5.39. The van der Waals surface area contributed by atoms with Crippen LogP contribution in [0.4, 0.5) is 11.8 Å². The van der Waals surface area contributed by atoms with Crippen molar-refractivity contribution in [3.63, 3.8) is 0 Å². The van der Waals surface area contributed by atoms with Gasteiger partial charge in [0.05, 0.1) is 0 Å². The van der Waals surface area contributed by atoms with Crippen molar-refractivity contribution in [2.45, 2.75) is 19.4 Å². The number of nitrogens with one attached hydrogen (secondary N) is 2. The van der Waals surface area contributed by atoms with Gasteiger partial charge in [-0.05, 0) is 30.0 Å². The molecule has 3 aromatic rings. The molecule has 0 spiro atoms. The Hall–Kier alpha value is -2.88. The number of rotatable bonds is 8. The van der Waals surface area contributed by atoms with Gasteiger partial charge in [0.1, 0.15) is 5.82 Å². The number of anilines is 2. The van der Waals surface area contributed by atoms with Crippen LogP contribution >= 0.6 is 0 Å². The molecule has 2 N–H and O–H groups in total. The zero-order valence-electron chi connectivity index (χ0n) is 13.7. The van der Waals surface area contributed by atoms with E-state index in [9.17, 15) is 0 Å². The van der Waals surface area contributed by atoms with E-state index in [1.165, 1.54) is 11.1 Å². The Morgan fingerprint density at radius 2 is 1.46 bits per heavy atom. The van der Waals surface area contributed by atoms with Gasteiger partial charge < -0.3 is 10.6 Å². The molecule has 0 saturated carbocycles. The van der Waals surface area contributed by atoms with Gasteiger partial charge in [-0.15, -0.1) is 0 Å². The SMILES string of the molecule is c1ccc(CCCNc2ccnc(NCc3ccccc3)n2)cc1. The van der Waals surface area contributed by atoms with E-state index < -0.39 is 0 Å². The molecular weight excluding hydrogens is 296 g/mol. The van der Waals surface area contributed by atoms with Gasteiger partial charge in [-0.2, -0.15) is 4.98 Å². The molecule has 0 atom stereocenters. The highest BCUT2D eigenvalue weighted by atomic mass is 15.1. The van der Waals surface area contributed by atoms with Crippen LogP contribution in [-0.2, 0) is 13.0 Å².